The number of rotatable bonds is 5. The lowest BCUT2D eigenvalue weighted by atomic mass is 10.1. The van der Waals surface area contributed by atoms with Crippen molar-refractivity contribution in [2.24, 2.45) is 5.73 Å². The normalized spacial score (nSPS) is 18.2. The molecule has 0 fully saturated rings. The van der Waals surface area contributed by atoms with Crippen LogP contribution in [-0.2, 0) is 21.1 Å². The number of carbonyl (C=O) groups is 1. The fourth-order valence-corrected chi connectivity index (χ4v) is 3.36. The van der Waals surface area contributed by atoms with E-state index in [0.29, 0.717) is 5.02 Å². The van der Waals surface area contributed by atoms with Crippen LogP contribution in [0, 0.1) is 0 Å². The SMILES string of the molecule is CS(=O)(=O)CCC(N)C(=O)NC1CCc2cc(Cl)ccc21.Cl. The first-order valence-electron chi connectivity index (χ1n) is 6.78. The summed E-state index contributed by atoms with van der Waals surface area (Å²) in [5, 5.41) is 3.57. The van der Waals surface area contributed by atoms with Gasteiger partial charge in [0.25, 0.3) is 0 Å². The molecule has 1 aliphatic rings. The molecule has 2 unspecified atom stereocenters. The summed E-state index contributed by atoms with van der Waals surface area (Å²) >= 11 is 5.95. The van der Waals surface area contributed by atoms with E-state index < -0.39 is 15.9 Å². The van der Waals surface area contributed by atoms with Crippen LogP contribution < -0.4 is 11.1 Å². The van der Waals surface area contributed by atoms with E-state index in [4.69, 9.17) is 17.3 Å². The van der Waals surface area contributed by atoms with Gasteiger partial charge < -0.3 is 11.1 Å². The van der Waals surface area contributed by atoms with Gasteiger partial charge in [0, 0.05) is 11.3 Å². The molecular weight excluding hydrogens is 347 g/mol. The number of benzene rings is 1. The fourth-order valence-electron chi connectivity index (χ4n) is 2.49. The van der Waals surface area contributed by atoms with Gasteiger partial charge in [0.1, 0.15) is 9.84 Å². The quantitative estimate of drug-likeness (QED) is 0.828. The molecule has 3 N–H and O–H groups in total. The van der Waals surface area contributed by atoms with E-state index in [9.17, 15) is 13.2 Å². The first-order chi connectivity index (χ1) is 9.76. The lowest BCUT2D eigenvalue weighted by molar-refractivity contribution is -0.123. The second kappa shape index (κ2) is 7.64. The molecule has 0 aliphatic heterocycles. The number of hydrogen-bond acceptors (Lipinski definition) is 4. The maximum absolute atomic E-state index is 12.0. The van der Waals surface area contributed by atoms with Crippen LogP contribution in [-0.4, -0.2) is 32.4 Å². The van der Waals surface area contributed by atoms with Gasteiger partial charge >= 0.3 is 0 Å². The molecule has 8 heteroatoms. The Kier molecular flexibility index (Phi) is 6.67. The second-order valence-electron chi connectivity index (χ2n) is 5.47. The van der Waals surface area contributed by atoms with Gasteiger partial charge in [0.2, 0.25) is 5.91 Å². The van der Waals surface area contributed by atoms with Crippen LogP contribution in [0.2, 0.25) is 5.02 Å². The van der Waals surface area contributed by atoms with E-state index in [2.05, 4.69) is 5.32 Å². The zero-order valence-corrected chi connectivity index (χ0v) is 14.6. The van der Waals surface area contributed by atoms with Crippen LogP contribution in [0.5, 0.6) is 0 Å². The van der Waals surface area contributed by atoms with Gasteiger partial charge in [-0.3, -0.25) is 4.79 Å². The minimum atomic E-state index is -3.11. The maximum atomic E-state index is 12.0. The largest absolute Gasteiger partial charge is 0.348 e. The average Bonchev–Trinajstić information content (AvgIpc) is 2.77. The van der Waals surface area contributed by atoms with Crippen LogP contribution in [0.15, 0.2) is 18.2 Å². The van der Waals surface area contributed by atoms with Crippen LogP contribution in [0.1, 0.15) is 30.0 Å². The monoisotopic (exact) mass is 366 g/mol. The van der Waals surface area contributed by atoms with E-state index in [0.717, 1.165) is 30.2 Å². The van der Waals surface area contributed by atoms with E-state index in [-0.39, 0.29) is 36.5 Å². The molecular formula is C14H20Cl2N2O3S. The summed E-state index contributed by atoms with van der Waals surface area (Å²) in [7, 11) is -3.11. The molecule has 0 bridgehead atoms. The van der Waals surface area contributed by atoms with Crippen LogP contribution in [0.3, 0.4) is 0 Å². The summed E-state index contributed by atoms with van der Waals surface area (Å²) in [4.78, 5) is 12.0. The number of nitrogens with one attached hydrogen (secondary N) is 1. The van der Waals surface area contributed by atoms with Gasteiger partial charge in [-0.2, -0.15) is 0 Å². The number of fused-ring (bicyclic) bond motifs is 1. The van der Waals surface area contributed by atoms with Gasteiger partial charge in [-0.15, -0.1) is 12.4 Å². The number of halogens is 2. The Morgan fingerprint density at radius 2 is 2.18 bits per heavy atom. The molecule has 1 amide bonds. The van der Waals surface area contributed by atoms with Crippen molar-refractivity contribution in [1.29, 1.82) is 0 Å². The summed E-state index contributed by atoms with van der Waals surface area (Å²) in [5.74, 6) is -0.398. The molecule has 0 aromatic heterocycles. The lowest BCUT2D eigenvalue weighted by Gasteiger charge is -2.17. The second-order valence-corrected chi connectivity index (χ2v) is 8.16. The standard InChI is InChI=1S/C14H19ClN2O3S.ClH/c1-21(19,20)7-6-12(16)14(18)17-13-5-2-9-8-10(15)3-4-11(9)13;/h3-4,8,12-13H,2,5-7,16H2,1H3,(H,17,18);1H. The minimum absolute atomic E-state index is 0. The molecule has 1 aromatic carbocycles. The average molecular weight is 367 g/mol. The van der Waals surface area contributed by atoms with Crippen LogP contribution in [0.4, 0.5) is 0 Å². The first kappa shape index (κ1) is 19.2. The molecule has 5 nitrogen and oxygen atoms in total. The van der Waals surface area contributed by atoms with Gasteiger partial charge in [-0.05, 0) is 42.5 Å². The first-order valence-corrected chi connectivity index (χ1v) is 9.22. The molecule has 2 atom stereocenters. The number of aryl methyl sites for hydroxylation is 1. The smallest absolute Gasteiger partial charge is 0.237 e. The predicted molar refractivity (Wildman–Crippen MR) is 90.2 cm³/mol. The van der Waals surface area contributed by atoms with Gasteiger partial charge in [-0.25, -0.2) is 8.42 Å². The van der Waals surface area contributed by atoms with Crippen molar-refractivity contribution in [3.8, 4) is 0 Å². The molecule has 22 heavy (non-hydrogen) atoms. The number of nitrogens with two attached hydrogens (primary N) is 1. The molecule has 2 rings (SSSR count). The van der Waals surface area contributed by atoms with Crippen molar-refractivity contribution in [2.45, 2.75) is 31.3 Å². The molecule has 0 radical (unpaired) electrons. The Morgan fingerprint density at radius 3 is 2.82 bits per heavy atom. The Hall–Kier alpha value is -0.820. The highest BCUT2D eigenvalue weighted by Gasteiger charge is 2.26. The lowest BCUT2D eigenvalue weighted by Crippen LogP contribution is -2.42. The number of hydrogen-bond donors (Lipinski definition) is 2. The predicted octanol–water partition coefficient (Wildman–Crippen LogP) is 1.63. The van der Waals surface area contributed by atoms with Crippen molar-refractivity contribution < 1.29 is 13.2 Å². The molecule has 0 saturated carbocycles. The highest BCUT2D eigenvalue weighted by Crippen LogP contribution is 2.32. The zero-order valence-electron chi connectivity index (χ0n) is 12.2. The van der Waals surface area contributed by atoms with Crippen LogP contribution >= 0.6 is 24.0 Å². The maximum Gasteiger partial charge on any atom is 0.237 e. The highest BCUT2D eigenvalue weighted by atomic mass is 35.5. The van der Waals surface area contributed by atoms with E-state index in [1.165, 1.54) is 0 Å². The Morgan fingerprint density at radius 1 is 1.50 bits per heavy atom. The van der Waals surface area contributed by atoms with Crippen molar-refractivity contribution in [3.05, 3.63) is 34.3 Å². The third kappa shape index (κ3) is 5.12. The van der Waals surface area contributed by atoms with Crippen molar-refractivity contribution in [1.82, 2.24) is 5.32 Å². The van der Waals surface area contributed by atoms with E-state index >= 15 is 0 Å². The summed E-state index contributed by atoms with van der Waals surface area (Å²) in [5.41, 5.74) is 7.94. The Labute approximate surface area is 141 Å². The molecule has 124 valence electrons. The molecule has 0 spiro atoms. The van der Waals surface area contributed by atoms with Crippen LogP contribution in [0.25, 0.3) is 0 Å². The third-order valence-corrected chi connectivity index (χ3v) is 4.85. The van der Waals surface area contributed by atoms with E-state index in [1.807, 2.05) is 12.1 Å². The fraction of sp³-hybridized carbons (Fsp3) is 0.500. The Bertz CT molecular complexity index is 649. The summed E-state index contributed by atoms with van der Waals surface area (Å²) in [6.07, 6.45) is 2.93. The molecule has 0 saturated heterocycles. The summed E-state index contributed by atoms with van der Waals surface area (Å²) in [6.45, 7) is 0. The van der Waals surface area contributed by atoms with Crippen molar-refractivity contribution >= 4 is 39.8 Å². The molecule has 0 heterocycles. The summed E-state index contributed by atoms with van der Waals surface area (Å²) in [6, 6.07) is 4.74. The number of amides is 1. The van der Waals surface area contributed by atoms with Crippen molar-refractivity contribution in [3.63, 3.8) is 0 Å². The zero-order chi connectivity index (χ0) is 15.6. The van der Waals surface area contributed by atoms with Gasteiger partial charge in [-0.1, -0.05) is 17.7 Å². The minimum Gasteiger partial charge on any atom is -0.348 e. The molecule has 1 aromatic rings. The van der Waals surface area contributed by atoms with Gasteiger partial charge in [0.15, 0.2) is 0 Å². The van der Waals surface area contributed by atoms with Gasteiger partial charge in [0.05, 0.1) is 17.8 Å². The highest BCUT2D eigenvalue weighted by molar-refractivity contribution is 7.90. The van der Waals surface area contributed by atoms with Crippen molar-refractivity contribution in [2.75, 3.05) is 12.0 Å². The third-order valence-electron chi connectivity index (χ3n) is 3.64. The number of sulfone groups is 1. The Balaban J connectivity index is 0.00000242. The molecule has 1 aliphatic carbocycles. The summed E-state index contributed by atoms with van der Waals surface area (Å²) < 4.78 is 22.2. The van der Waals surface area contributed by atoms with E-state index in [1.54, 1.807) is 6.07 Å². The topological polar surface area (TPSA) is 89.3 Å². The number of carbonyl (C=O) groups excluding carboxylic acids is 1.